The summed E-state index contributed by atoms with van der Waals surface area (Å²) in [7, 11) is 0. The Morgan fingerprint density at radius 1 is 1.32 bits per heavy atom. The number of aryl methyl sites for hydroxylation is 1. The first-order valence-corrected chi connectivity index (χ1v) is 10.1. The first kappa shape index (κ1) is 18.8. The third-order valence-electron chi connectivity index (χ3n) is 4.95. The van der Waals surface area contributed by atoms with Crippen LogP contribution in [0.4, 0.5) is 10.3 Å². The molecule has 7 nitrogen and oxygen atoms in total. The molecule has 9 heteroatoms. The van der Waals surface area contributed by atoms with Crippen molar-refractivity contribution in [3.05, 3.63) is 29.4 Å². The zero-order valence-corrected chi connectivity index (χ0v) is 16.4. The van der Waals surface area contributed by atoms with E-state index in [0.717, 1.165) is 52.4 Å². The second kappa shape index (κ2) is 8.24. The van der Waals surface area contributed by atoms with Gasteiger partial charge in [-0.15, -0.1) is 10.2 Å². The van der Waals surface area contributed by atoms with Crippen LogP contribution >= 0.6 is 11.3 Å². The fourth-order valence-corrected chi connectivity index (χ4v) is 4.07. The van der Waals surface area contributed by atoms with Crippen LogP contribution in [0.5, 0.6) is 0 Å². The molecule has 4 rings (SSSR count). The van der Waals surface area contributed by atoms with Gasteiger partial charge in [0.05, 0.1) is 5.52 Å². The van der Waals surface area contributed by atoms with Crippen molar-refractivity contribution < 1.29 is 9.18 Å². The highest BCUT2D eigenvalue weighted by Crippen LogP contribution is 2.26. The number of nitrogens with one attached hydrogen (secondary N) is 1. The molecule has 3 heterocycles. The zero-order chi connectivity index (χ0) is 19.5. The standard InChI is InChI=1S/C19H21FN6OS/c1-12-24-25-18(28-12)14-2-3-15-11-21-19(22-16(15)10-14)23-17(27)13-4-7-26(8-5-13)9-6-20/h2-3,10-11,13H,4-9H2,1H3,(H,21,22,23,27). The summed E-state index contributed by atoms with van der Waals surface area (Å²) in [4.78, 5) is 23.4. The molecule has 146 valence electrons. The number of hydrogen-bond acceptors (Lipinski definition) is 7. The normalized spacial score (nSPS) is 15.8. The van der Waals surface area contributed by atoms with Crippen molar-refractivity contribution in [1.82, 2.24) is 25.1 Å². The minimum absolute atomic E-state index is 0.0739. The van der Waals surface area contributed by atoms with Crippen molar-refractivity contribution >= 4 is 34.1 Å². The largest absolute Gasteiger partial charge is 0.301 e. The zero-order valence-electron chi connectivity index (χ0n) is 15.6. The van der Waals surface area contributed by atoms with Gasteiger partial charge in [0.2, 0.25) is 11.9 Å². The molecule has 1 aliphatic heterocycles. The third-order valence-corrected chi connectivity index (χ3v) is 5.84. The van der Waals surface area contributed by atoms with Gasteiger partial charge in [-0.25, -0.2) is 14.4 Å². The fourth-order valence-electron chi connectivity index (χ4n) is 3.38. The van der Waals surface area contributed by atoms with Gasteiger partial charge in [0.25, 0.3) is 0 Å². The number of halogens is 1. The number of aromatic nitrogens is 4. The number of fused-ring (bicyclic) bond motifs is 1. The Hall–Kier alpha value is -2.52. The number of nitrogens with zero attached hydrogens (tertiary/aromatic N) is 5. The van der Waals surface area contributed by atoms with E-state index in [2.05, 4.69) is 25.5 Å². The molecule has 1 saturated heterocycles. The van der Waals surface area contributed by atoms with Gasteiger partial charge in [-0.1, -0.05) is 23.5 Å². The second-order valence-corrected chi connectivity index (χ2v) is 8.07. The topological polar surface area (TPSA) is 83.9 Å². The number of amides is 1. The van der Waals surface area contributed by atoms with Crippen molar-refractivity contribution in [2.45, 2.75) is 19.8 Å². The molecule has 1 amide bonds. The minimum Gasteiger partial charge on any atom is -0.301 e. The SMILES string of the molecule is Cc1nnc(-c2ccc3cnc(NC(=O)C4CCN(CCF)CC4)nc3c2)s1. The predicted molar refractivity (Wildman–Crippen MR) is 107 cm³/mol. The predicted octanol–water partition coefficient (Wildman–Crippen LogP) is 3.08. The highest BCUT2D eigenvalue weighted by Gasteiger charge is 2.25. The number of benzene rings is 1. The molecular weight excluding hydrogens is 379 g/mol. The summed E-state index contributed by atoms with van der Waals surface area (Å²) in [5.41, 5.74) is 1.68. The fraction of sp³-hybridized carbons (Fsp3) is 0.421. The average molecular weight is 400 g/mol. The van der Waals surface area contributed by atoms with Gasteiger partial charge >= 0.3 is 0 Å². The maximum absolute atomic E-state index is 12.6. The van der Waals surface area contributed by atoms with E-state index in [9.17, 15) is 9.18 Å². The molecule has 0 radical (unpaired) electrons. The maximum Gasteiger partial charge on any atom is 0.229 e. The Balaban J connectivity index is 1.47. The van der Waals surface area contributed by atoms with E-state index in [1.165, 1.54) is 11.3 Å². The van der Waals surface area contributed by atoms with Crippen LogP contribution in [0, 0.1) is 12.8 Å². The molecule has 1 N–H and O–H groups in total. The van der Waals surface area contributed by atoms with Crippen LogP contribution in [-0.4, -0.2) is 57.3 Å². The molecule has 28 heavy (non-hydrogen) atoms. The number of rotatable bonds is 5. The highest BCUT2D eigenvalue weighted by atomic mass is 32.1. The smallest absolute Gasteiger partial charge is 0.229 e. The van der Waals surface area contributed by atoms with Crippen molar-refractivity contribution in [3.8, 4) is 10.6 Å². The molecule has 3 aromatic rings. The van der Waals surface area contributed by atoms with Crippen molar-refractivity contribution in [3.63, 3.8) is 0 Å². The van der Waals surface area contributed by atoms with E-state index in [1.807, 2.05) is 30.0 Å². The lowest BCUT2D eigenvalue weighted by atomic mass is 9.96. The monoisotopic (exact) mass is 400 g/mol. The van der Waals surface area contributed by atoms with Gasteiger partial charge < -0.3 is 4.90 Å². The van der Waals surface area contributed by atoms with Crippen LogP contribution in [0.1, 0.15) is 17.8 Å². The summed E-state index contributed by atoms with van der Waals surface area (Å²) in [5, 5.41) is 13.7. The number of anilines is 1. The maximum atomic E-state index is 12.6. The van der Waals surface area contributed by atoms with Crippen molar-refractivity contribution in [2.75, 3.05) is 31.6 Å². The van der Waals surface area contributed by atoms with Crippen LogP contribution in [0.2, 0.25) is 0 Å². The summed E-state index contributed by atoms with van der Waals surface area (Å²) in [6.45, 7) is 3.50. The van der Waals surface area contributed by atoms with Crippen LogP contribution in [0.25, 0.3) is 21.5 Å². The lowest BCUT2D eigenvalue weighted by Crippen LogP contribution is -2.39. The minimum atomic E-state index is -0.347. The summed E-state index contributed by atoms with van der Waals surface area (Å²) in [5.74, 6) is 0.135. The van der Waals surface area contributed by atoms with Crippen molar-refractivity contribution in [1.29, 1.82) is 0 Å². The van der Waals surface area contributed by atoms with Gasteiger partial charge in [-0.2, -0.15) is 0 Å². The van der Waals surface area contributed by atoms with E-state index in [4.69, 9.17) is 0 Å². The van der Waals surface area contributed by atoms with Crippen LogP contribution in [0.15, 0.2) is 24.4 Å². The summed E-state index contributed by atoms with van der Waals surface area (Å²) in [6.07, 6.45) is 3.15. The molecular formula is C19H21FN6OS. The highest BCUT2D eigenvalue weighted by molar-refractivity contribution is 7.14. The number of likely N-dealkylation sites (tertiary alicyclic amines) is 1. The molecule has 0 spiro atoms. The molecule has 0 saturated carbocycles. The molecule has 0 bridgehead atoms. The van der Waals surface area contributed by atoms with E-state index < -0.39 is 0 Å². The molecule has 1 fully saturated rings. The van der Waals surface area contributed by atoms with Crippen LogP contribution in [0.3, 0.4) is 0 Å². The van der Waals surface area contributed by atoms with Gasteiger partial charge in [0.15, 0.2) is 0 Å². The molecule has 0 aliphatic carbocycles. The van der Waals surface area contributed by atoms with Gasteiger partial charge in [-0.3, -0.25) is 10.1 Å². The van der Waals surface area contributed by atoms with Crippen LogP contribution in [-0.2, 0) is 4.79 Å². The number of hydrogen-bond donors (Lipinski definition) is 1. The Morgan fingerprint density at radius 3 is 2.86 bits per heavy atom. The number of piperidine rings is 1. The van der Waals surface area contributed by atoms with E-state index >= 15 is 0 Å². The Labute approximate surface area is 166 Å². The van der Waals surface area contributed by atoms with Crippen molar-refractivity contribution in [2.24, 2.45) is 5.92 Å². The quantitative estimate of drug-likeness (QED) is 0.709. The van der Waals surface area contributed by atoms with Gasteiger partial charge in [0, 0.05) is 29.6 Å². The summed E-state index contributed by atoms with van der Waals surface area (Å²) < 4.78 is 12.4. The average Bonchev–Trinajstić information content (AvgIpc) is 3.14. The Morgan fingerprint density at radius 2 is 2.14 bits per heavy atom. The molecule has 1 aromatic carbocycles. The molecule has 2 aromatic heterocycles. The van der Waals surface area contributed by atoms with E-state index in [-0.39, 0.29) is 18.5 Å². The summed E-state index contributed by atoms with van der Waals surface area (Å²) >= 11 is 1.52. The van der Waals surface area contributed by atoms with E-state index in [0.29, 0.717) is 12.5 Å². The van der Waals surface area contributed by atoms with Crippen LogP contribution < -0.4 is 5.32 Å². The Kier molecular flexibility index (Phi) is 5.54. The second-order valence-electron chi connectivity index (χ2n) is 6.89. The molecule has 1 aliphatic rings. The molecule has 0 atom stereocenters. The van der Waals surface area contributed by atoms with Gasteiger partial charge in [0.1, 0.15) is 16.7 Å². The third kappa shape index (κ3) is 4.15. The number of alkyl halides is 1. The lowest BCUT2D eigenvalue weighted by Gasteiger charge is -2.30. The Bertz CT molecular complexity index is 985. The number of carbonyl (C=O) groups is 1. The van der Waals surface area contributed by atoms with E-state index in [1.54, 1.807) is 6.20 Å². The van der Waals surface area contributed by atoms with Gasteiger partial charge in [-0.05, 0) is 38.9 Å². The number of carbonyl (C=O) groups excluding carboxylic acids is 1. The lowest BCUT2D eigenvalue weighted by molar-refractivity contribution is -0.121. The molecule has 0 unspecified atom stereocenters. The first-order chi connectivity index (χ1) is 13.6. The summed E-state index contributed by atoms with van der Waals surface area (Å²) in [6, 6.07) is 5.84. The first-order valence-electron chi connectivity index (χ1n) is 9.29.